The maximum atomic E-state index is 10.3. The van der Waals surface area contributed by atoms with E-state index < -0.39 is 0 Å². The molecule has 0 saturated heterocycles. The van der Waals surface area contributed by atoms with Crippen molar-refractivity contribution in [1.82, 2.24) is 0 Å². The first-order valence-electron chi connectivity index (χ1n) is 3.56. The van der Waals surface area contributed by atoms with Crippen LogP contribution in [0.2, 0.25) is 0 Å². The van der Waals surface area contributed by atoms with Crippen LogP contribution in [0.5, 0.6) is 0 Å². The number of ether oxygens (including phenoxy) is 1. The SMILES string of the molecule is C=CC(=O)OCCCC.N=C=O. The van der Waals surface area contributed by atoms with Crippen molar-refractivity contribution in [2.45, 2.75) is 19.8 Å². The number of hydrogen-bond donors (Lipinski definition) is 1. The van der Waals surface area contributed by atoms with Crippen molar-refractivity contribution in [3.05, 3.63) is 12.7 Å². The standard InChI is InChI=1S/C7H12O2.CHNO/c1-3-5-6-9-7(8)4-2;2-1-3/h4H,2-3,5-6H2,1H3;2H. The Bertz CT molecular complexity index is 160. The predicted molar refractivity (Wildman–Crippen MR) is 44.5 cm³/mol. The molecule has 4 nitrogen and oxygen atoms in total. The molecule has 0 unspecified atom stereocenters. The first-order chi connectivity index (χ1) is 5.72. The second kappa shape index (κ2) is 12.3. The molecule has 1 N–H and O–H groups in total. The largest absolute Gasteiger partial charge is 0.463 e. The lowest BCUT2D eigenvalue weighted by Crippen LogP contribution is -2.00. The molecule has 0 amide bonds. The van der Waals surface area contributed by atoms with Crippen molar-refractivity contribution in [1.29, 1.82) is 5.41 Å². The van der Waals surface area contributed by atoms with E-state index in [9.17, 15) is 4.79 Å². The second-order valence-electron chi connectivity index (χ2n) is 1.83. The van der Waals surface area contributed by atoms with Gasteiger partial charge in [0.25, 0.3) is 0 Å². The van der Waals surface area contributed by atoms with E-state index in [1.165, 1.54) is 6.08 Å². The third-order valence-corrected chi connectivity index (χ3v) is 0.909. The van der Waals surface area contributed by atoms with Gasteiger partial charge in [-0.25, -0.2) is 15.0 Å². The molecule has 68 valence electrons. The summed E-state index contributed by atoms with van der Waals surface area (Å²) in [7, 11) is 0. The highest BCUT2D eigenvalue weighted by Gasteiger charge is 1.91. The Hall–Kier alpha value is -1.41. The van der Waals surface area contributed by atoms with E-state index in [0.717, 1.165) is 18.9 Å². The molecule has 0 saturated carbocycles. The molecule has 0 aromatic rings. The summed E-state index contributed by atoms with van der Waals surface area (Å²) in [6, 6.07) is 0. The molecule has 0 bridgehead atoms. The molecule has 0 aliphatic rings. The molecule has 0 atom stereocenters. The van der Waals surface area contributed by atoms with Crippen LogP contribution in [-0.2, 0) is 14.3 Å². The second-order valence-corrected chi connectivity index (χ2v) is 1.83. The molecule has 12 heavy (non-hydrogen) atoms. The number of isocyanates is 1. The fraction of sp³-hybridized carbons (Fsp3) is 0.500. The van der Waals surface area contributed by atoms with Gasteiger partial charge in [0.1, 0.15) is 0 Å². The maximum absolute atomic E-state index is 10.3. The van der Waals surface area contributed by atoms with E-state index >= 15 is 0 Å². The van der Waals surface area contributed by atoms with Gasteiger partial charge in [0.05, 0.1) is 6.61 Å². The van der Waals surface area contributed by atoms with Crippen LogP contribution in [0.1, 0.15) is 19.8 Å². The van der Waals surface area contributed by atoms with E-state index in [1.807, 2.05) is 6.92 Å². The van der Waals surface area contributed by atoms with E-state index in [2.05, 4.69) is 11.3 Å². The topological polar surface area (TPSA) is 67.2 Å². The molecule has 0 radical (unpaired) electrons. The molecular formula is C8H13NO3. The van der Waals surface area contributed by atoms with Crippen molar-refractivity contribution in [2.24, 2.45) is 0 Å². The molecule has 0 aliphatic carbocycles. The summed E-state index contributed by atoms with van der Waals surface area (Å²) < 4.78 is 4.67. The van der Waals surface area contributed by atoms with Crippen LogP contribution < -0.4 is 0 Å². The zero-order valence-electron chi connectivity index (χ0n) is 7.13. The van der Waals surface area contributed by atoms with Gasteiger partial charge < -0.3 is 4.74 Å². The first-order valence-corrected chi connectivity index (χ1v) is 3.56. The number of unbranched alkanes of at least 4 members (excludes halogenated alkanes) is 1. The predicted octanol–water partition coefficient (Wildman–Crippen LogP) is 1.42. The number of rotatable bonds is 4. The Morgan fingerprint density at radius 3 is 2.58 bits per heavy atom. The Morgan fingerprint density at radius 1 is 1.75 bits per heavy atom. The van der Waals surface area contributed by atoms with E-state index in [-0.39, 0.29) is 5.97 Å². The molecule has 4 heteroatoms. The van der Waals surface area contributed by atoms with Crippen LogP contribution in [0.4, 0.5) is 0 Å². The average molecular weight is 171 g/mol. The van der Waals surface area contributed by atoms with Crippen LogP contribution in [-0.4, -0.2) is 18.7 Å². The quantitative estimate of drug-likeness (QED) is 0.228. The average Bonchev–Trinajstić information content (AvgIpc) is 2.06. The van der Waals surface area contributed by atoms with E-state index in [0.29, 0.717) is 6.61 Å². The van der Waals surface area contributed by atoms with Crippen molar-refractivity contribution in [3.63, 3.8) is 0 Å². The van der Waals surface area contributed by atoms with Gasteiger partial charge in [-0.3, -0.25) is 0 Å². The summed E-state index contributed by atoms with van der Waals surface area (Å²) in [6.07, 6.45) is 3.90. The van der Waals surface area contributed by atoms with Gasteiger partial charge in [0, 0.05) is 6.08 Å². The van der Waals surface area contributed by atoms with Crippen LogP contribution in [0.25, 0.3) is 0 Å². The van der Waals surface area contributed by atoms with Crippen molar-refractivity contribution < 1.29 is 14.3 Å². The Labute approximate surface area is 71.7 Å². The lowest BCUT2D eigenvalue weighted by molar-refractivity contribution is -0.137. The van der Waals surface area contributed by atoms with Crippen LogP contribution >= 0.6 is 0 Å². The fourth-order valence-electron chi connectivity index (χ4n) is 0.376. The van der Waals surface area contributed by atoms with Gasteiger partial charge in [0.2, 0.25) is 6.08 Å². The Morgan fingerprint density at radius 2 is 2.25 bits per heavy atom. The summed E-state index contributed by atoms with van der Waals surface area (Å²) in [5.74, 6) is -0.330. The lowest BCUT2D eigenvalue weighted by Gasteiger charge is -1.97. The van der Waals surface area contributed by atoms with Gasteiger partial charge in [-0.1, -0.05) is 19.9 Å². The highest BCUT2D eigenvalue weighted by molar-refractivity contribution is 5.81. The highest BCUT2D eigenvalue weighted by atomic mass is 16.5. The van der Waals surface area contributed by atoms with Gasteiger partial charge >= 0.3 is 5.97 Å². The van der Waals surface area contributed by atoms with Crippen LogP contribution in [0.15, 0.2) is 12.7 Å². The maximum Gasteiger partial charge on any atom is 0.330 e. The Balaban J connectivity index is 0. The van der Waals surface area contributed by atoms with E-state index in [4.69, 9.17) is 10.2 Å². The fourth-order valence-corrected chi connectivity index (χ4v) is 0.376. The summed E-state index contributed by atoms with van der Waals surface area (Å²) in [4.78, 5) is 18.7. The Kier molecular flexibility index (Phi) is 13.5. The molecule has 0 aromatic heterocycles. The van der Waals surface area contributed by atoms with Crippen LogP contribution in [0.3, 0.4) is 0 Å². The summed E-state index contributed by atoms with van der Waals surface area (Å²) in [6.45, 7) is 5.82. The molecule has 0 aromatic carbocycles. The summed E-state index contributed by atoms with van der Waals surface area (Å²) in [5.41, 5.74) is 0. The molecule has 0 spiro atoms. The lowest BCUT2D eigenvalue weighted by atomic mass is 10.4. The molecular weight excluding hydrogens is 158 g/mol. The number of carbonyl (C=O) groups is 1. The molecule has 0 heterocycles. The monoisotopic (exact) mass is 171 g/mol. The third-order valence-electron chi connectivity index (χ3n) is 0.909. The highest BCUT2D eigenvalue weighted by Crippen LogP contribution is 1.88. The van der Waals surface area contributed by atoms with Crippen molar-refractivity contribution in [3.8, 4) is 0 Å². The molecule has 0 fully saturated rings. The summed E-state index contributed by atoms with van der Waals surface area (Å²) >= 11 is 0. The minimum atomic E-state index is -0.330. The number of carbonyl (C=O) groups excluding carboxylic acids is 2. The van der Waals surface area contributed by atoms with Crippen molar-refractivity contribution in [2.75, 3.05) is 6.61 Å². The third kappa shape index (κ3) is 15.8. The zero-order valence-corrected chi connectivity index (χ0v) is 7.13. The van der Waals surface area contributed by atoms with E-state index in [1.54, 1.807) is 0 Å². The minimum absolute atomic E-state index is 0.330. The number of nitrogens with one attached hydrogen (secondary N) is 1. The van der Waals surface area contributed by atoms with Crippen LogP contribution in [0, 0.1) is 5.41 Å². The van der Waals surface area contributed by atoms with Gasteiger partial charge in [-0.2, -0.15) is 0 Å². The molecule has 0 aliphatic heterocycles. The summed E-state index contributed by atoms with van der Waals surface area (Å²) in [5, 5.41) is 5.40. The smallest absolute Gasteiger partial charge is 0.330 e. The molecule has 0 rings (SSSR count). The first kappa shape index (κ1) is 13.2. The van der Waals surface area contributed by atoms with Gasteiger partial charge in [-0.05, 0) is 6.42 Å². The number of hydrogen-bond acceptors (Lipinski definition) is 4. The van der Waals surface area contributed by atoms with Gasteiger partial charge in [-0.15, -0.1) is 0 Å². The number of esters is 1. The zero-order chi connectivity index (χ0) is 9.82. The minimum Gasteiger partial charge on any atom is -0.463 e. The normalized spacial score (nSPS) is 7.08. The van der Waals surface area contributed by atoms with Gasteiger partial charge in [0.15, 0.2) is 0 Å². The van der Waals surface area contributed by atoms with Crippen molar-refractivity contribution >= 4 is 12.0 Å².